The second-order valence-corrected chi connectivity index (χ2v) is 3.79. The van der Waals surface area contributed by atoms with Crippen molar-refractivity contribution in [2.75, 3.05) is 6.61 Å². The number of carbonyl (C=O) groups is 1. The fraction of sp³-hybridized carbons (Fsp3) is 0.364. The lowest BCUT2D eigenvalue weighted by atomic mass is 10.2. The summed E-state index contributed by atoms with van der Waals surface area (Å²) in [7, 11) is 0. The van der Waals surface area contributed by atoms with Gasteiger partial charge < -0.3 is 9.47 Å². The average molecular weight is 237 g/mol. The summed E-state index contributed by atoms with van der Waals surface area (Å²) in [4.78, 5) is 21.5. The van der Waals surface area contributed by atoms with Gasteiger partial charge in [0.25, 0.3) is 0 Å². The zero-order valence-electron chi connectivity index (χ0n) is 9.21. The van der Waals surface area contributed by atoms with Crippen LogP contribution in [0.3, 0.4) is 0 Å². The molecule has 1 atom stereocenters. The van der Waals surface area contributed by atoms with Crippen molar-refractivity contribution in [3.63, 3.8) is 0 Å². The zero-order chi connectivity index (χ0) is 12.4. The number of ether oxygens (including phenoxy) is 2. The molecule has 1 saturated heterocycles. The van der Waals surface area contributed by atoms with Gasteiger partial charge in [-0.1, -0.05) is 6.07 Å². The van der Waals surface area contributed by atoms with E-state index in [2.05, 4.69) is 0 Å². The molecule has 0 aliphatic carbocycles. The minimum Gasteiger partial charge on any atom is -0.471 e. The number of hydrogen-bond acceptors (Lipinski definition) is 5. The summed E-state index contributed by atoms with van der Waals surface area (Å²) in [6, 6.07) is 4.61. The van der Waals surface area contributed by atoms with Crippen LogP contribution in [0.4, 0.5) is 5.69 Å². The lowest BCUT2D eigenvalue weighted by molar-refractivity contribution is -0.386. The number of esters is 1. The molecule has 0 radical (unpaired) electrons. The molecule has 1 heterocycles. The number of carbonyl (C=O) groups excluding carboxylic acids is 1. The number of hydrogen-bond donors (Lipinski definition) is 0. The van der Waals surface area contributed by atoms with E-state index in [0.29, 0.717) is 13.0 Å². The van der Waals surface area contributed by atoms with Gasteiger partial charge in [-0.3, -0.25) is 10.1 Å². The second-order valence-electron chi connectivity index (χ2n) is 3.79. The Morgan fingerprint density at radius 2 is 2.29 bits per heavy atom. The maximum absolute atomic E-state index is 11.2. The smallest absolute Gasteiger partial charge is 0.347 e. The topological polar surface area (TPSA) is 78.7 Å². The predicted molar refractivity (Wildman–Crippen MR) is 57.8 cm³/mol. The minimum absolute atomic E-state index is 0.101. The standard InChI is InChI=1S/C11H11NO5/c1-7-2-3-9(8(6-7)12(14)15)17-10-4-5-16-11(10)13/h2-3,6,10H,4-5H2,1H3/t10-/m1/s1. The largest absolute Gasteiger partial charge is 0.471 e. The van der Waals surface area contributed by atoms with Gasteiger partial charge in [0.2, 0.25) is 0 Å². The first-order chi connectivity index (χ1) is 8.08. The first kappa shape index (κ1) is 11.4. The number of aryl methyl sites for hydroxylation is 1. The summed E-state index contributed by atoms with van der Waals surface area (Å²) in [5, 5.41) is 10.8. The highest BCUT2D eigenvalue weighted by molar-refractivity contribution is 5.77. The first-order valence-electron chi connectivity index (χ1n) is 5.16. The summed E-state index contributed by atoms with van der Waals surface area (Å²) in [5.74, 6) is -0.371. The Hall–Kier alpha value is -2.11. The lowest BCUT2D eigenvalue weighted by Crippen LogP contribution is -2.22. The van der Waals surface area contributed by atoms with E-state index in [0.717, 1.165) is 5.56 Å². The lowest BCUT2D eigenvalue weighted by Gasteiger charge is -2.10. The summed E-state index contributed by atoms with van der Waals surface area (Å²) < 4.78 is 10.0. The van der Waals surface area contributed by atoms with Crippen LogP contribution in [0.5, 0.6) is 5.75 Å². The van der Waals surface area contributed by atoms with Crippen molar-refractivity contribution in [2.45, 2.75) is 19.4 Å². The number of nitro groups is 1. The summed E-state index contributed by atoms with van der Waals surface area (Å²) >= 11 is 0. The molecular weight excluding hydrogens is 226 g/mol. The second kappa shape index (κ2) is 4.40. The Morgan fingerprint density at radius 1 is 1.53 bits per heavy atom. The number of nitrogens with zero attached hydrogens (tertiary/aromatic N) is 1. The molecule has 1 aliphatic rings. The van der Waals surface area contributed by atoms with Crippen molar-refractivity contribution in [1.82, 2.24) is 0 Å². The van der Waals surface area contributed by atoms with Crippen molar-refractivity contribution in [2.24, 2.45) is 0 Å². The Balaban J connectivity index is 2.25. The van der Waals surface area contributed by atoms with E-state index in [4.69, 9.17) is 9.47 Å². The SMILES string of the molecule is Cc1ccc(O[C@@H]2CCOC2=O)c([N+](=O)[O-])c1. The van der Waals surface area contributed by atoms with Crippen LogP contribution in [0.2, 0.25) is 0 Å². The molecule has 0 unspecified atom stereocenters. The van der Waals surface area contributed by atoms with Crippen molar-refractivity contribution in [3.8, 4) is 5.75 Å². The average Bonchev–Trinajstić information content (AvgIpc) is 2.67. The molecular formula is C11H11NO5. The highest BCUT2D eigenvalue weighted by atomic mass is 16.6. The Morgan fingerprint density at radius 3 is 2.88 bits per heavy atom. The van der Waals surface area contributed by atoms with Gasteiger partial charge in [-0.15, -0.1) is 0 Å². The summed E-state index contributed by atoms with van der Waals surface area (Å²) in [5.41, 5.74) is 0.628. The van der Waals surface area contributed by atoms with Crippen LogP contribution in [-0.4, -0.2) is 23.6 Å². The molecule has 90 valence electrons. The molecule has 6 nitrogen and oxygen atoms in total. The van der Waals surface area contributed by atoms with Crippen LogP contribution in [-0.2, 0) is 9.53 Å². The van der Waals surface area contributed by atoms with Crippen LogP contribution >= 0.6 is 0 Å². The highest BCUT2D eigenvalue weighted by Gasteiger charge is 2.30. The molecule has 1 fully saturated rings. The third kappa shape index (κ3) is 2.35. The van der Waals surface area contributed by atoms with Gasteiger partial charge in [-0.25, -0.2) is 4.79 Å². The van der Waals surface area contributed by atoms with Gasteiger partial charge in [-0.2, -0.15) is 0 Å². The van der Waals surface area contributed by atoms with Crippen molar-refractivity contribution >= 4 is 11.7 Å². The molecule has 0 bridgehead atoms. The zero-order valence-corrected chi connectivity index (χ0v) is 9.21. The molecule has 0 spiro atoms. The van der Waals surface area contributed by atoms with E-state index in [1.165, 1.54) is 12.1 Å². The van der Waals surface area contributed by atoms with E-state index in [-0.39, 0.29) is 11.4 Å². The van der Waals surface area contributed by atoms with Gasteiger partial charge in [-0.05, 0) is 18.6 Å². The molecule has 0 saturated carbocycles. The maximum atomic E-state index is 11.2. The predicted octanol–water partition coefficient (Wildman–Crippen LogP) is 1.60. The molecule has 0 amide bonds. The van der Waals surface area contributed by atoms with E-state index in [1.54, 1.807) is 13.0 Å². The van der Waals surface area contributed by atoms with Crippen LogP contribution in [0.15, 0.2) is 18.2 Å². The first-order valence-corrected chi connectivity index (χ1v) is 5.16. The fourth-order valence-corrected chi connectivity index (χ4v) is 1.61. The summed E-state index contributed by atoms with van der Waals surface area (Å²) in [6.07, 6.45) is -0.319. The van der Waals surface area contributed by atoms with Crippen molar-refractivity contribution in [1.29, 1.82) is 0 Å². The third-order valence-electron chi connectivity index (χ3n) is 2.47. The number of benzene rings is 1. The molecule has 1 aliphatic heterocycles. The quantitative estimate of drug-likeness (QED) is 0.453. The number of cyclic esters (lactones) is 1. The molecule has 6 heteroatoms. The van der Waals surface area contributed by atoms with Gasteiger partial charge in [0, 0.05) is 12.5 Å². The number of nitro benzene ring substituents is 1. The highest BCUT2D eigenvalue weighted by Crippen LogP contribution is 2.29. The van der Waals surface area contributed by atoms with Crippen LogP contribution < -0.4 is 4.74 Å². The third-order valence-corrected chi connectivity index (χ3v) is 2.47. The Bertz CT molecular complexity index is 471. The van der Waals surface area contributed by atoms with Gasteiger partial charge in [0.15, 0.2) is 11.9 Å². The molecule has 1 aromatic carbocycles. The van der Waals surface area contributed by atoms with Crippen LogP contribution in [0, 0.1) is 17.0 Å². The van der Waals surface area contributed by atoms with Crippen molar-refractivity contribution in [3.05, 3.63) is 33.9 Å². The van der Waals surface area contributed by atoms with Crippen LogP contribution in [0.1, 0.15) is 12.0 Å². The fourth-order valence-electron chi connectivity index (χ4n) is 1.61. The van der Waals surface area contributed by atoms with Gasteiger partial charge in [0.1, 0.15) is 0 Å². The normalized spacial score (nSPS) is 18.9. The van der Waals surface area contributed by atoms with E-state index >= 15 is 0 Å². The minimum atomic E-state index is -0.739. The van der Waals surface area contributed by atoms with Crippen LogP contribution in [0.25, 0.3) is 0 Å². The Kier molecular flexibility index (Phi) is 2.95. The molecule has 0 N–H and O–H groups in total. The Labute approximate surface area is 97.3 Å². The molecule has 0 aromatic heterocycles. The van der Waals surface area contributed by atoms with Crippen molar-refractivity contribution < 1.29 is 19.2 Å². The van der Waals surface area contributed by atoms with E-state index in [1.807, 2.05) is 0 Å². The van der Waals surface area contributed by atoms with Gasteiger partial charge in [0.05, 0.1) is 11.5 Å². The maximum Gasteiger partial charge on any atom is 0.347 e. The molecule has 1 aromatic rings. The summed E-state index contributed by atoms with van der Waals surface area (Å²) in [6.45, 7) is 2.05. The molecule has 17 heavy (non-hydrogen) atoms. The number of rotatable bonds is 3. The monoisotopic (exact) mass is 237 g/mol. The van der Waals surface area contributed by atoms with Gasteiger partial charge >= 0.3 is 11.7 Å². The van der Waals surface area contributed by atoms with E-state index in [9.17, 15) is 14.9 Å². The molecule has 2 rings (SSSR count). The van der Waals surface area contributed by atoms with E-state index < -0.39 is 17.0 Å².